The molecule has 4 rings (SSSR count). The predicted molar refractivity (Wildman–Crippen MR) is 114 cm³/mol. The minimum atomic E-state index is -3.64. The third-order valence-electron chi connectivity index (χ3n) is 5.22. The predicted octanol–water partition coefficient (Wildman–Crippen LogP) is 3.04. The summed E-state index contributed by atoms with van der Waals surface area (Å²) in [5.41, 5.74) is 0.880. The minimum absolute atomic E-state index is 0.0740. The Morgan fingerprint density at radius 2 is 1.67 bits per heavy atom. The molecule has 1 aromatic heterocycles. The molecule has 0 spiro atoms. The van der Waals surface area contributed by atoms with Crippen molar-refractivity contribution in [3.63, 3.8) is 0 Å². The fraction of sp³-hybridized carbons (Fsp3) is 0.316. The number of para-hydroxylation sites is 1. The first kappa shape index (κ1) is 21.2. The van der Waals surface area contributed by atoms with Crippen molar-refractivity contribution in [2.45, 2.75) is 17.9 Å². The molecule has 11 heteroatoms. The molecule has 2 heterocycles. The zero-order valence-corrected chi connectivity index (χ0v) is 18.5. The molecule has 1 unspecified atom stereocenters. The summed E-state index contributed by atoms with van der Waals surface area (Å²) in [5, 5.41) is 12.7. The van der Waals surface area contributed by atoms with Gasteiger partial charge < -0.3 is 0 Å². The lowest BCUT2D eigenvalue weighted by Gasteiger charge is -2.36. The lowest BCUT2D eigenvalue weighted by molar-refractivity contribution is 0.139. The summed E-state index contributed by atoms with van der Waals surface area (Å²) in [6, 6.07) is 14.0. The molecule has 30 heavy (non-hydrogen) atoms. The SMILES string of the molecule is CC(c1nnnn1-c1ccccc1)N1CCN(S(=O)(=O)c2ccc(Cl)c(Cl)c2)CC1. The number of hydrogen-bond acceptors (Lipinski definition) is 6. The Kier molecular flexibility index (Phi) is 6.08. The van der Waals surface area contributed by atoms with Crippen LogP contribution >= 0.6 is 23.2 Å². The van der Waals surface area contributed by atoms with Crippen molar-refractivity contribution in [1.29, 1.82) is 0 Å². The Morgan fingerprint density at radius 3 is 2.33 bits per heavy atom. The van der Waals surface area contributed by atoms with Gasteiger partial charge in [0.15, 0.2) is 5.82 Å². The van der Waals surface area contributed by atoms with E-state index in [1.54, 1.807) is 4.68 Å². The van der Waals surface area contributed by atoms with Gasteiger partial charge in [-0.2, -0.15) is 8.99 Å². The molecule has 1 saturated heterocycles. The largest absolute Gasteiger partial charge is 0.291 e. The first-order chi connectivity index (χ1) is 14.4. The summed E-state index contributed by atoms with van der Waals surface area (Å²) >= 11 is 11.9. The number of nitrogens with zero attached hydrogens (tertiary/aromatic N) is 6. The van der Waals surface area contributed by atoms with Crippen LogP contribution in [-0.4, -0.2) is 64.0 Å². The average molecular weight is 467 g/mol. The summed E-state index contributed by atoms with van der Waals surface area (Å²) in [5.74, 6) is 0.710. The van der Waals surface area contributed by atoms with E-state index in [9.17, 15) is 8.42 Å². The van der Waals surface area contributed by atoms with Crippen LogP contribution in [0.4, 0.5) is 0 Å². The van der Waals surface area contributed by atoms with Crippen molar-refractivity contribution >= 4 is 33.2 Å². The molecule has 0 aliphatic carbocycles. The van der Waals surface area contributed by atoms with Gasteiger partial charge in [-0.25, -0.2) is 8.42 Å². The third kappa shape index (κ3) is 4.08. The highest BCUT2D eigenvalue weighted by atomic mass is 35.5. The topological polar surface area (TPSA) is 84.2 Å². The van der Waals surface area contributed by atoms with E-state index in [4.69, 9.17) is 23.2 Å². The fourth-order valence-electron chi connectivity index (χ4n) is 3.49. The van der Waals surface area contributed by atoms with E-state index < -0.39 is 10.0 Å². The second-order valence-corrected chi connectivity index (χ2v) is 9.73. The van der Waals surface area contributed by atoms with Gasteiger partial charge in [0.1, 0.15) is 0 Å². The van der Waals surface area contributed by atoms with E-state index in [-0.39, 0.29) is 16.0 Å². The molecule has 158 valence electrons. The fourth-order valence-corrected chi connectivity index (χ4v) is 5.30. The monoisotopic (exact) mass is 466 g/mol. The Balaban J connectivity index is 1.47. The maximum absolute atomic E-state index is 13.0. The molecule has 1 aliphatic heterocycles. The van der Waals surface area contributed by atoms with Gasteiger partial charge in [-0.3, -0.25) is 4.90 Å². The number of hydrogen-bond donors (Lipinski definition) is 0. The smallest absolute Gasteiger partial charge is 0.243 e. The Hall–Kier alpha value is -2.04. The lowest BCUT2D eigenvalue weighted by atomic mass is 10.2. The molecule has 0 N–H and O–H groups in total. The highest BCUT2D eigenvalue weighted by Crippen LogP contribution is 2.28. The maximum atomic E-state index is 13.0. The number of halogens is 2. The molecule has 1 aliphatic rings. The normalized spacial score (nSPS) is 17.2. The first-order valence-electron chi connectivity index (χ1n) is 9.41. The molecule has 0 radical (unpaired) electrons. The number of rotatable bonds is 5. The third-order valence-corrected chi connectivity index (χ3v) is 7.85. The van der Waals surface area contributed by atoms with Crippen LogP contribution in [0.15, 0.2) is 53.4 Å². The zero-order valence-electron chi connectivity index (χ0n) is 16.2. The van der Waals surface area contributed by atoms with Crippen LogP contribution < -0.4 is 0 Å². The number of sulfonamides is 1. The molecule has 1 fully saturated rings. The minimum Gasteiger partial charge on any atom is -0.291 e. The summed E-state index contributed by atoms with van der Waals surface area (Å²) < 4.78 is 29.1. The van der Waals surface area contributed by atoms with E-state index in [2.05, 4.69) is 20.4 Å². The van der Waals surface area contributed by atoms with Gasteiger partial charge >= 0.3 is 0 Å². The van der Waals surface area contributed by atoms with Crippen LogP contribution in [0.2, 0.25) is 10.0 Å². The Labute approximate surface area is 185 Å². The van der Waals surface area contributed by atoms with Crippen molar-refractivity contribution in [3.8, 4) is 5.69 Å². The van der Waals surface area contributed by atoms with Crippen LogP contribution in [0.3, 0.4) is 0 Å². The van der Waals surface area contributed by atoms with Crippen LogP contribution in [0.5, 0.6) is 0 Å². The molecule has 8 nitrogen and oxygen atoms in total. The van der Waals surface area contributed by atoms with Gasteiger partial charge in [0.25, 0.3) is 0 Å². The standard InChI is InChI=1S/C19H20Cl2N6O2S/c1-14(19-22-23-24-27(19)15-5-3-2-4-6-15)25-9-11-26(12-10-25)30(28,29)16-7-8-17(20)18(21)13-16/h2-8,13-14H,9-12H2,1H3. The highest BCUT2D eigenvalue weighted by molar-refractivity contribution is 7.89. The van der Waals surface area contributed by atoms with Gasteiger partial charge in [0.2, 0.25) is 10.0 Å². The molecule has 1 atom stereocenters. The Morgan fingerprint density at radius 1 is 0.967 bits per heavy atom. The number of piperazine rings is 1. The van der Waals surface area contributed by atoms with E-state index in [1.165, 1.54) is 22.5 Å². The molecule has 2 aromatic carbocycles. The Bertz CT molecular complexity index is 1130. The molecule has 0 saturated carbocycles. The second-order valence-electron chi connectivity index (χ2n) is 6.98. The van der Waals surface area contributed by atoms with Crippen molar-refractivity contribution in [1.82, 2.24) is 29.4 Å². The number of tetrazole rings is 1. The summed E-state index contributed by atoms with van der Waals surface area (Å²) in [6.07, 6.45) is 0. The van der Waals surface area contributed by atoms with Crippen molar-refractivity contribution in [2.24, 2.45) is 0 Å². The van der Waals surface area contributed by atoms with Crippen LogP contribution in [-0.2, 0) is 10.0 Å². The summed E-state index contributed by atoms with van der Waals surface area (Å²) in [4.78, 5) is 2.32. The lowest BCUT2D eigenvalue weighted by Crippen LogP contribution is -2.49. The summed E-state index contributed by atoms with van der Waals surface area (Å²) in [7, 11) is -3.64. The van der Waals surface area contributed by atoms with Gasteiger partial charge in [-0.15, -0.1) is 5.10 Å². The van der Waals surface area contributed by atoms with Crippen LogP contribution in [0.1, 0.15) is 18.8 Å². The van der Waals surface area contributed by atoms with Gasteiger partial charge in [-0.05, 0) is 47.7 Å². The van der Waals surface area contributed by atoms with Gasteiger partial charge in [0, 0.05) is 26.2 Å². The van der Waals surface area contributed by atoms with Crippen LogP contribution in [0, 0.1) is 0 Å². The van der Waals surface area contributed by atoms with E-state index >= 15 is 0 Å². The molecule has 0 amide bonds. The van der Waals surface area contributed by atoms with Crippen molar-refractivity contribution < 1.29 is 8.42 Å². The number of benzene rings is 2. The quantitative estimate of drug-likeness (QED) is 0.574. The van der Waals surface area contributed by atoms with Gasteiger partial charge in [-0.1, -0.05) is 41.4 Å². The van der Waals surface area contributed by atoms with E-state index in [0.717, 1.165) is 5.69 Å². The molecular weight excluding hydrogens is 447 g/mol. The van der Waals surface area contributed by atoms with Crippen molar-refractivity contribution in [2.75, 3.05) is 26.2 Å². The average Bonchev–Trinajstić information content (AvgIpc) is 3.25. The zero-order chi connectivity index (χ0) is 21.3. The highest BCUT2D eigenvalue weighted by Gasteiger charge is 2.32. The molecule has 0 bridgehead atoms. The first-order valence-corrected chi connectivity index (χ1v) is 11.6. The van der Waals surface area contributed by atoms with Crippen LogP contribution in [0.25, 0.3) is 5.69 Å². The van der Waals surface area contributed by atoms with E-state index in [0.29, 0.717) is 37.0 Å². The van der Waals surface area contributed by atoms with Gasteiger partial charge in [0.05, 0.1) is 26.7 Å². The van der Waals surface area contributed by atoms with Crippen molar-refractivity contribution in [3.05, 3.63) is 64.4 Å². The second kappa shape index (κ2) is 8.60. The number of aromatic nitrogens is 4. The summed E-state index contributed by atoms with van der Waals surface area (Å²) in [6.45, 7) is 3.86. The molecular formula is C19H20Cl2N6O2S. The van der Waals surface area contributed by atoms with E-state index in [1.807, 2.05) is 37.3 Å². The maximum Gasteiger partial charge on any atom is 0.243 e. The molecule has 3 aromatic rings.